The fourth-order valence-electron chi connectivity index (χ4n) is 1.07. The second-order valence-electron chi connectivity index (χ2n) is 3.40. The highest BCUT2D eigenvalue weighted by Crippen LogP contribution is 2.44. The molecule has 0 saturated carbocycles. The summed E-state index contributed by atoms with van der Waals surface area (Å²) >= 11 is 22.9. The molecule has 0 fully saturated rings. The fraction of sp³-hybridized carbons (Fsp3) is 0.273. The second-order valence-corrected chi connectivity index (χ2v) is 6.40. The first-order valence-electron chi connectivity index (χ1n) is 4.57. The summed E-state index contributed by atoms with van der Waals surface area (Å²) in [5, 5.41) is -1.72. The molecule has 2 radical (unpaired) electrons. The van der Waals surface area contributed by atoms with Gasteiger partial charge in [0.05, 0.1) is 5.56 Å². The average molecular weight is 328 g/mol. The van der Waals surface area contributed by atoms with Gasteiger partial charge in [0, 0.05) is 5.56 Å². The van der Waals surface area contributed by atoms with E-state index in [1.54, 1.807) is 12.6 Å². The quantitative estimate of drug-likeness (QED) is 0.797. The maximum atomic E-state index is 10.8. The number of halogens is 4. The third-order valence-corrected chi connectivity index (χ3v) is 3.78. The van der Waals surface area contributed by atoms with Crippen molar-refractivity contribution in [3.63, 3.8) is 0 Å². The summed E-state index contributed by atoms with van der Waals surface area (Å²) in [6, 6.07) is 4.25. The zero-order valence-corrected chi connectivity index (χ0v) is 12.0. The molecule has 0 bridgehead atoms. The summed E-state index contributed by atoms with van der Waals surface area (Å²) < 4.78 is 3.32. The molecule has 0 spiro atoms. The van der Waals surface area contributed by atoms with Crippen molar-refractivity contribution < 1.29 is 14.3 Å². The Balaban J connectivity index is 3.20. The number of hydrogen-bond acceptors (Lipinski definition) is 3. The molecule has 0 aliphatic rings. The van der Waals surface area contributed by atoms with Crippen molar-refractivity contribution in [3.8, 4) is 5.75 Å². The first kappa shape index (κ1) is 15.6. The van der Waals surface area contributed by atoms with E-state index in [9.17, 15) is 9.59 Å². The molecule has 0 N–H and O–H groups in total. The standard InChI is InChI=1S/C11H6Cl4O3/c1-10(12,11(13,14)15)18-9-4-2-3-7(5-16)8(9)6-17/h2-4H,1H3. The molecule has 18 heavy (non-hydrogen) atoms. The lowest BCUT2D eigenvalue weighted by molar-refractivity contribution is 0.181. The van der Waals surface area contributed by atoms with Crippen molar-refractivity contribution in [2.75, 3.05) is 0 Å². The third-order valence-electron chi connectivity index (χ3n) is 2.05. The van der Waals surface area contributed by atoms with Gasteiger partial charge in [0.15, 0.2) is 0 Å². The van der Waals surface area contributed by atoms with Crippen LogP contribution >= 0.6 is 46.4 Å². The van der Waals surface area contributed by atoms with Crippen molar-refractivity contribution >= 4 is 59.0 Å². The highest BCUT2D eigenvalue weighted by molar-refractivity contribution is 6.70. The summed E-state index contributed by atoms with van der Waals surface area (Å²) in [6.45, 7) is 1.31. The average Bonchev–Trinajstić information content (AvgIpc) is 2.26. The van der Waals surface area contributed by atoms with Crippen LogP contribution in [-0.2, 0) is 9.59 Å². The topological polar surface area (TPSA) is 43.4 Å². The molecular weight excluding hydrogens is 322 g/mol. The minimum Gasteiger partial charge on any atom is -0.467 e. The summed E-state index contributed by atoms with van der Waals surface area (Å²) in [5.74, 6) is -0.0188. The molecule has 1 atom stereocenters. The van der Waals surface area contributed by atoms with Crippen LogP contribution in [0.4, 0.5) is 0 Å². The Morgan fingerprint density at radius 3 is 2.17 bits per heavy atom. The van der Waals surface area contributed by atoms with Crippen LogP contribution in [0.2, 0.25) is 0 Å². The lowest BCUT2D eigenvalue weighted by atomic mass is 10.1. The van der Waals surface area contributed by atoms with E-state index in [-0.39, 0.29) is 16.9 Å². The van der Waals surface area contributed by atoms with Crippen LogP contribution in [0, 0.1) is 0 Å². The molecule has 0 heterocycles. The van der Waals surface area contributed by atoms with Gasteiger partial charge < -0.3 is 4.74 Å². The van der Waals surface area contributed by atoms with Crippen LogP contribution in [0.25, 0.3) is 0 Å². The Labute approximate surface area is 124 Å². The van der Waals surface area contributed by atoms with Crippen molar-refractivity contribution in [1.29, 1.82) is 0 Å². The molecule has 0 aliphatic carbocycles. The number of hydrogen-bond donors (Lipinski definition) is 0. The lowest BCUT2D eigenvalue weighted by Crippen LogP contribution is -2.40. The molecular formula is C11H6Cl4O3. The van der Waals surface area contributed by atoms with E-state index < -0.39 is 8.85 Å². The third kappa shape index (κ3) is 3.29. The molecule has 7 heteroatoms. The predicted molar refractivity (Wildman–Crippen MR) is 71.2 cm³/mol. The van der Waals surface area contributed by atoms with Gasteiger partial charge in [-0.05, 0) is 19.1 Å². The summed E-state index contributed by atoms with van der Waals surface area (Å²) in [7, 11) is 0. The maximum Gasteiger partial charge on any atom is 0.243 e. The second kappa shape index (κ2) is 5.66. The normalized spacial score (nSPS) is 14.7. The predicted octanol–water partition coefficient (Wildman–Crippen LogP) is 3.31. The molecule has 0 aromatic heterocycles. The lowest BCUT2D eigenvalue weighted by Gasteiger charge is -2.30. The van der Waals surface area contributed by atoms with E-state index in [2.05, 4.69) is 0 Å². The molecule has 0 amide bonds. The van der Waals surface area contributed by atoms with Crippen LogP contribution in [0.15, 0.2) is 18.2 Å². The number of benzene rings is 1. The van der Waals surface area contributed by atoms with Crippen molar-refractivity contribution in [2.45, 2.75) is 15.8 Å². The molecule has 96 valence electrons. The van der Waals surface area contributed by atoms with Crippen LogP contribution in [0.5, 0.6) is 5.75 Å². The van der Waals surface area contributed by atoms with Gasteiger partial charge in [-0.3, -0.25) is 9.59 Å². The van der Waals surface area contributed by atoms with Gasteiger partial charge in [0.2, 0.25) is 21.4 Å². The molecule has 0 saturated heterocycles. The van der Waals surface area contributed by atoms with Crippen LogP contribution in [0.3, 0.4) is 0 Å². The first-order chi connectivity index (χ1) is 8.23. The minimum atomic E-state index is -1.93. The highest BCUT2D eigenvalue weighted by atomic mass is 35.6. The summed E-state index contributed by atoms with van der Waals surface area (Å²) in [4.78, 5) is 21.4. The number of carbonyl (C=O) groups excluding carboxylic acids is 2. The number of rotatable bonds is 4. The molecule has 1 rings (SSSR count). The number of alkyl halides is 4. The molecule has 3 nitrogen and oxygen atoms in total. The SMILES string of the molecule is CC(Cl)(Oc1cccc([C]=O)c1[C]=O)C(Cl)(Cl)Cl. The van der Waals surface area contributed by atoms with E-state index in [0.29, 0.717) is 0 Å². The van der Waals surface area contributed by atoms with E-state index in [4.69, 9.17) is 51.1 Å². The van der Waals surface area contributed by atoms with Gasteiger partial charge in [-0.25, -0.2) is 0 Å². The fourth-order valence-corrected chi connectivity index (χ4v) is 1.27. The smallest absolute Gasteiger partial charge is 0.243 e. The van der Waals surface area contributed by atoms with Gasteiger partial charge in [0.25, 0.3) is 0 Å². The van der Waals surface area contributed by atoms with Gasteiger partial charge in [0.1, 0.15) is 5.75 Å². The monoisotopic (exact) mass is 326 g/mol. The van der Waals surface area contributed by atoms with E-state index in [1.807, 2.05) is 0 Å². The highest BCUT2D eigenvalue weighted by Gasteiger charge is 2.46. The Kier molecular flexibility index (Phi) is 4.90. The Hall–Kier alpha value is -0.480. The van der Waals surface area contributed by atoms with Crippen molar-refractivity contribution in [3.05, 3.63) is 29.3 Å². The first-order valence-corrected chi connectivity index (χ1v) is 6.08. The molecule has 1 aromatic rings. The van der Waals surface area contributed by atoms with Crippen LogP contribution in [0.1, 0.15) is 18.1 Å². The largest absolute Gasteiger partial charge is 0.467 e. The maximum absolute atomic E-state index is 10.8. The molecule has 1 unspecified atom stereocenters. The summed E-state index contributed by atoms with van der Waals surface area (Å²) in [6.07, 6.45) is 3.14. The van der Waals surface area contributed by atoms with E-state index in [1.165, 1.54) is 25.1 Å². The van der Waals surface area contributed by atoms with Crippen LogP contribution < -0.4 is 4.74 Å². The number of ether oxygens (including phenoxy) is 1. The molecule has 1 aromatic carbocycles. The van der Waals surface area contributed by atoms with Gasteiger partial charge in [-0.2, -0.15) is 0 Å². The van der Waals surface area contributed by atoms with Crippen molar-refractivity contribution in [2.24, 2.45) is 0 Å². The summed E-state index contributed by atoms with van der Waals surface area (Å²) in [5.41, 5.74) is -0.145. The Bertz CT molecular complexity index is 466. The van der Waals surface area contributed by atoms with E-state index in [0.717, 1.165) is 0 Å². The van der Waals surface area contributed by atoms with E-state index >= 15 is 0 Å². The Morgan fingerprint density at radius 2 is 1.72 bits per heavy atom. The zero-order chi connectivity index (χ0) is 14.0. The molecule has 0 aliphatic heterocycles. The van der Waals surface area contributed by atoms with Gasteiger partial charge >= 0.3 is 0 Å². The Morgan fingerprint density at radius 1 is 1.11 bits per heavy atom. The zero-order valence-electron chi connectivity index (χ0n) is 8.97. The van der Waals surface area contributed by atoms with Gasteiger partial charge in [-0.15, -0.1) is 0 Å². The van der Waals surface area contributed by atoms with Crippen molar-refractivity contribution in [1.82, 2.24) is 0 Å². The minimum absolute atomic E-state index is 0.0146. The van der Waals surface area contributed by atoms with Gasteiger partial charge in [-0.1, -0.05) is 52.5 Å². The van der Waals surface area contributed by atoms with Crippen LogP contribution in [-0.4, -0.2) is 21.4 Å².